The van der Waals surface area contributed by atoms with Crippen molar-refractivity contribution in [3.63, 3.8) is 0 Å². The van der Waals surface area contributed by atoms with E-state index < -0.39 is 0 Å². The summed E-state index contributed by atoms with van der Waals surface area (Å²) in [5, 5.41) is 7.07. The van der Waals surface area contributed by atoms with Gasteiger partial charge in [0.2, 0.25) is 0 Å². The molecular weight excluding hydrogens is 389 g/mol. The largest absolute Gasteiger partial charge is 0.358 e. The number of nitrogens with one attached hydrogen (secondary N) is 2. The van der Waals surface area contributed by atoms with Crippen molar-refractivity contribution in [2.75, 3.05) is 30.3 Å². The van der Waals surface area contributed by atoms with Gasteiger partial charge in [-0.2, -0.15) is 0 Å². The minimum Gasteiger partial charge on any atom is -0.358 e. The van der Waals surface area contributed by atoms with Gasteiger partial charge in [-0.25, -0.2) is 9.97 Å². The zero-order valence-electron chi connectivity index (χ0n) is 17.3. The molecular formula is C23H24BN5O2. The third-order valence-corrected chi connectivity index (χ3v) is 5.78. The standard InChI is InChI=1S/C23H24BN5O2/c24-15-5-4-6-16(11-15)27-22-18-12-17(7-8-19(18)25-14-26-22)28-23(30)21-20(31-21)13-29-9-2-1-3-10-29/h4-8,11-12,14,20-21H,1-3,9-10,13H2,(H,28,30)(H,25,26,27)/t20?,21-/m1/s1. The predicted molar refractivity (Wildman–Crippen MR) is 122 cm³/mol. The summed E-state index contributed by atoms with van der Waals surface area (Å²) in [5.74, 6) is 0.542. The van der Waals surface area contributed by atoms with Gasteiger partial charge in [0.25, 0.3) is 5.91 Å². The first kappa shape index (κ1) is 20.0. The molecule has 31 heavy (non-hydrogen) atoms. The van der Waals surface area contributed by atoms with Crippen molar-refractivity contribution < 1.29 is 9.53 Å². The average molecular weight is 413 g/mol. The second kappa shape index (κ2) is 8.65. The molecule has 2 aliphatic rings. The summed E-state index contributed by atoms with van der Waals surface area (Å²) in [6.45, 7) is 3.03. The van der Waals surface area contributed by atoms with Crippen LogP contribution in [-0.2, 0) is 9.53 Å². The van der Waals surface area contributed by atoms with Gasteiger partial charge in [0.1, 0.15) is 26.1 Å². The number of benzene rings is 2. The normalized spacial score (nSPS) is 21.0. The van der Waals surface area contributed by atoms with Crippen LogP contribution in [0, 0.1) is 0 Å². The summed E-state index contributed by atoms with van der Waals surface area (Å²) in [6.07, 6.45) is 4.88. The number of hydrogen-bond acceptors (Lipinski definition) is 6. The Morgan fingerprint density at radius 3 is 2.81 bits per heavy atom. The highest BCUT2D eigenvalue weighted by Gasteiger charge is 2.45. The number of amides is 1. The number of piperidine rings is 1. The Morgan fingerprint density at radius 2 is 1.97 bits per heavy atom. The maximum absolute atomic E-state index is 12.7. The highest BCUT2D eigenvalue weighted by Crippen LogP contribution is 2.28. The van der Waals surface area contributed by atoms with Gasteiger partial charge in [-0.3, -0.25) is 4.79 Å². The van der Waals surface area contributed by atoms with Crippen LogP contribution in [0.3, 0.4) is 0 Å². The Kier molecular flexibility index (Phi) is 5.57. The van der Waals surface area contributed by atoms with E-state index in [1.54, 1.807) is 0 Å². The van der Waals surface area contributed by atoms with Gasteiger partial charge in [0.15, 0.2) is 6.10 Å². The number of nitrogens with zero attached hydrogens (tertiary/aromatic N) is 3. The van der Waals surface area contributed by atoms with E-state index in [0.29, 0.717) is 17.0 Å². The topological polar surface area (TPSA) is 82.7 Å². The van der Waals surface area contributed by atoms with Gasteiger partial charge in [-0.1, -0.05) is 24.0 Å². The molecule has 2 N–H and O–H groups in total. The van der Waals surface area contributed by atoms with Crippen LogP contribution in [0.1, 0.15) is 19.3 Å². The minimum atomic E-state index is -0.380. The van der Waals surface area contributed by atoms with E-state index in [0.717, 1.165) is 36.2 Å². The minimum absolute atomic E-state index is 0.0114. The van der Waals surface area contributed by atoms with E-state index in [1.807, 2.05) is 42.5 Å². The molecule has 1 amide bonds. The third-order valence-electron chi connectivity index (χ3n) is 5.78. The number of hydrogen-bond donors (Lipinski definition) is 2. The zero-order valence-corrected chi connectivity index (χ0v) is 17.3. The predicted octanol–water partition coefficient (Wildman–Crippen LogP) is 2.36. The van der Waals surface area contributed by atoms with Crippen LogP contribution in [-0.4, -0.2) is 60.5 Å². The summed E-state index contributed by atoms with van der Waals surface area (Å²) in [5.41, 5.74) is 2.97. The lowest BCUT2D eigenvalue weighted by Gasteiger charge is -2.25. The highest BCUT2D eigenvalue weighted by atomic mass is 16.6. The first-order chi connectivity index (χ1) is 15.2. The molecule has 0 saturated carbocycles. The molecule has 2 atom stereocenters. The van der Waals surface area contributed by atoms with E-state index in [-0.39, 0.29) is 18.1 Å². The molecule has 0 aliphatic carbocycles. The molecule has 2 radical (unpaired) electrons. The van der Waals surface area contributed by atoms with Crippen LogP contribution in [0.2, 0.25) is 0 Å². The number of likely N-dealkylation sites (tertiary alicyclic amines) is 1. The van der Waals surface area contributed by atoms with Crippen LogP contribution < -0.4 is 16.1 Å². The average Bonchev–Trinajstić information content (AvgIpc) is 3.54. The number of carbonyl (C=O) groups is 1. The molecule has 3 aromatic rings. The van der Waals surface area contributed by atoms with E-state index in [9.17, 15) is 4.79 Å². The lowest BCUT2D eigenvalue weighted by Crippen LogP contribution is -2.34. The molecule has 3 heterocycles. The van der Waals surface area contributed by atoms with Gasteiger partial charge in [0.05, 0.1) is 5.52 Å². The van der Waals surface area contributed by atoms with Crippen LogP contribution in [0.25, 0.3) is 10.9 Å². The monoisotopic (exact) mass is 413 g/mol. The summed E-state index contributed by atoms with van der Waals surface area (Å²) >= 11 is 0. The molecule has 156 valence electrons. The molecule has 1 unspecified atom stereocenters. The molecule has 1 aromatic heterocycles. The first-order valence-electron chi connectivity index (χ1n) is 10.7. The second-order valence-electron chi connectivity index (χ2n) is 8.15. The Labute approximate surface area is 182 Å². The molecule has 2 saturated heterocycles. The van der Waals surface area contributed by atoms with Gasteiger partial charge >= 0.3 is 0 Å². The Balaban J connectivity index is 1.28. The molecule has 2 fully saturated rings. The number of fused-ring (bicyclic) bond motifs is 1. The van der Waals surface area contributed by atoms with E-state index >= 15 is 0 Å². The number of epoxide rings is 1. The maximum Gasteiger partial charge on any atom is 0.256 e. The van der Waals surface area contributed by atoms with Crippen LogP contribution in [0.15, 0.2) is 48.8 Å². The van der Waals surface area contributed by atoms with Gasteiger partial charge in [-0.15, -0.1) is 0 Å². The molecule has 0 spiro atoms. The highest BCUT2D eigenvalue weighted by molar-refractivity contribution is 6.32. The van der Waals surface area contributed by atoms with Crippen LogP contribution in [0.5, 0.6) is 0 Å². The SMILES string of the molecule is [B]c1cccc(Nc2ncnc3ccc(NC(=O)[C@@H]4OC4CN4CCCCC4)cc23)c1. The van der Waals surface area contributed by atoms with Crippen molar-refractivity contribution >= 4 is 47.3 Å². The fourth-order valence-corrected chi connectivity index (χ4v) is 4.11. The van der Waals surface area contributed by atoms with Crippen LogP contribution >= 0.6 is 0 Å². The summed E-state index contributed by atoms with van der Waals surface area (Å²) < 4.78 is 5.65. The van der Waals surface area contributed by atoms with Crippen molar-refractivity contribution in [2.45, 2.75) is 31.5 Å². The van der Waals surface area contributed by atoms with E-state index in [2.05, 4.69) is 25.5 Å². The van der Waals surface area contributed by atoms with Gasteiger partial charge in [-0.05, 0) is 56.3 Å². The van der Waals surface area contributed by atoms with Gasteiger partial charge < -0.3 is 20.3 Å². The van der Waals surface area contributed by atoms with Crippen molar-refractivity contribution in [3.8, 4) is 0 Å². The number of anilines is 3. The fourth-order valence-electron chi connectivity index (χ4n) is 4.11. The van der Waals surface area contributed by atoms with Crippen molar-refractivity contribution in [1.82, 2.24) is 14.9 Å². The van der Waals surface area contributed by atoms with Crippen molar-refractivity contribution in [3.05, 3.63) is 48.8 Å². The maximum atomic E-state index is 12.7. The van der Waals surface area contributed by atoms with E-state index in [1.165, 1.54) is 25.6 Å². The Bertz CT molecular complexity index is 1100. The molecule has 2 aromatic carbocycles. The third kappa shape index (κ3) is 4.70. The lowest BCUT2D eigenvalue weighted by atomic mass is 9.96. The number of rotatable bonds is 6. The van der Waals surface area contributed by atoms with Gasteiger partial charge in [0, 0.05) is 23.3 Å². The number of aromatic nitrogens is 2. The smallest absolute Gasteiger partial charge is 0.256 e. The molecule has 2 aliphatic heterocycles. The molecule has 5 rings (SSSR count). The summed E-state index contributed by atoms with van der Waals surface area (Å²) in [4.78, 5) is 23.8. The molecule has 7 nitrogen and oxygen atoms in total. The first-order valence-corrected chi connectivity index (χ1v) is 10.7. The van der Waals surface area contributed by atoms with E-state index in [4.69, 9.17) is 12.6 Å². The fraction of sp³-hybridized carbons (Fsp3) is 0.348. The quantitative estimate of drug-likeness (QED) is 0.477. The molecule has 0 bridgehead atoms. The zero-order chi connectivity index (χ0) is 21.2. The van der Waals surface area contributed by atoms with Crippen molar-refractivity contribution in [1.29, 1.82) is 0 Å². The molecule has 8 heteroatoms. The second-order valence-corrected chi connectivity index (χ2v) is 8.15. The van der Waals surface area contributed by atoms with Crippen LogP contribution in [0.4, 0.5) is 17.2 Å². The summed E-state index contributed by atoms with van der Waals surface area (Å²) in [6, 6.07) is 13.1. The summed E-state index contributed by atoms with van der Waals surface area (Å²) in [7, 11) is 5.87. The Morgan fingerprint density at radius 1 is 1.10 bits per heavy atom. The lowest BCUT2D eigenvalue weighted by molar-refractivity contribution is -0.117. The van der Waals surface area contributed by atoms with Crippen molar-refractivity contribution in [2.24, 2.45) is 0 Å². The number of ether oxygens (including phenoxy) is 1. The number of carbonyl (C=O) groups excluding carboxylic acids is 1. The Hall–Kier alpha value is -2.97.